The Labute approximate surface area is 165 Å². The number of nitrogen functional groups attached to an aromatic ring is 1. The zero-order valence-corrected chi connectivity index (χ0v) is 16.0. The van der Waals surface area contributed by atoms with Crippen molar-refractivity contribution in [1.29, 1.82) is 0 Å². The van der Waals surface area contributed by atoms with Crippen LogP contribution in [-0.4, -0.2) is 20.4 Å². The van der Waals surface area contributed by atoms with E-state index in [9.17, 15) is 4.79 Å². The summed E-state index contributed by atoms with van der Waals surface area (Å²) in [6, 6.07) is 15.0. The lowest BCUT2D eigenvalue weighted by Gasteiger charge is -2.09. The van der Waals surface area contributed by atoms with E-state index >= 15 is 0 Å². The summed E-state index contributed by atoms with van der Waals surface area (Å²) in [6.07, 6.45) is 2.06. The molecular weight excluding hydrogens is 372 g/mol. The molecule has 0 aliphatic rings. The maximum atomic E-state index is 12.2. The highest BCUT2D eigenvalue weighted by atomic mass is 32.1. The fourth-order valence-electron chi connectivity index (χ4n) is 2.90. The van der Waals surface area contributed by atoms with Crippen molar-refractivity contribution < 1.29 is 4.79 Å². The van der Waals surface area contributed by atoms with Gasteiger partial charge in [0.05, 0.1) is 11.1 Å². The Morgan fingerprint density at radius 3 is 2.64 bits per heavy atom. The number of anilines is 3. The van der Waals surface area contributed by atoms with E-state index in [1.807, 2.05) is 55.5 Å². The van der Waals surface area contributed by atoms with Crippen LogP contribution in [0, 0.1) is 6.92 Å². The predicted molar refractivity (Wildman–Crippen MR) is 113 cm³/mol. The van der Waals surface area contributed by atoms with Crippen LogP contribution in [0.4, 0.5) is 22.0 Å². The van der Waals surface area contributed by atoms with Crippen molar-refractivity contribution in [2.45, 2.75) is 13.3 Å². The normalized spacial score (nSPS) is 10.8. The number of hydrogen-bond donors (Lipinski definition) is 3. The third kappa shape index (κ3) is 3.91. The molecule has 0 spiro atoms. The number of nitrogens with zero attached hydrogens (tertiary/aromatic N) is 3. The molecule has 0 atom stereocenters. The minimum atomic E-state index is -0.284. The number of nitrogens with one attached hydrogen (secondary N) is 2. The van der Waals surface area contributed by atoms with Gasteiger partial charge in [-0.1, -0.05) is 24.3 Å². The third-order valence-electron chi connectivity index (χ3n) is 4.23. The first kappa shape index (κ1) is 17.9. The van der Waals surface area contributed by atoms with Gasteiger partial charge >= 0.3 is 6.03 Å². The molecule has 8 heteroatoms. The highest BCUT2D eigenvalue weighted by molar-refractivity contribution is 7.13. The monoisotopic (exact) mass is 390 g/mol. The number of carbonyl (C=O) groups excluding carboxylic acids is 1. The number of aromatic nitrogens is 3. The highest BCUT2D eigenvalue weighted by Crippen LogP contribution is 2.26. The number of hydrogen-bond acceptors (Lipinski definition) is 6. The number of urea groups is 1. The lowest BCUT2D eigenvalue weighted by Crippen LogP contribution is -2.19. The zero-order chi connectivity index (χ0) is 19.5. The van der Waals surface area contributed by atoms with Crippen molar-refractivity contribution in [2.75, 3.05) is 16.4 Å². The van der Waals surface area contributed by atoms with Gasteiger partial charge in [-0.2, -0.15) is 4.37 Å². The number of aryl methyl sites for hydroxylation is 1. The van der Waals surface area contributed by atoms with Gasteiger partial charge in [0, 0.05) is 17.8 Å². The Morgan fingerprint density at radius 1 is 1.07 bits per heavy atom. The molecule has 4 N–H and O–H groups in total. The first-order valence-electron chi connectivity index (χ1n) is 8.67. The lowest BCUT2D eigenvalue weighted by atomic mass is 10.1. The average Bonchev–Trinajstić information content (AvgIpc) is 3.07. The van der Waals surface area contributed by atoms with Crippen LogP contribution < -0.4 is 16.4 Å². The molecule has 2 aromatic heterocycles. The summed E-state index contributed by atoms with van der Waals surface area (Å²) in [7, 11) is 0. The Balaban J connectivity index is 1.43. The van der Waals surface area contributed by atoms with Gasteiger partial charge in [0.2, 0.25) is 0 Å². The van der Waals surface area contributed by atoms with E-state index in [4.69, 9.17) is 5.73 Å². The molecule has 140 valence electrons. The molecule has 0 unspecified atom stereocenters. The minimum absolute atomic E-state index is 0.284. The Morgan fingerprint density at radius 2 is 1.86 bits per heavy atom. The first-order valence-corrected chi connectivity index (χ1v) is 9.44. The summed E-state index contributed by atoms with van der Waals surface area (Å²) in [4.78, 5) is 21.2. The SMILES string of the molecule is Cc1cccc(NC(=O)Nc2ccc(Cc3nsc4ncnc(N)c34)cc2)c1. The van der Waals surface area contributed by atoms with E-state index in [2.05, 4.69) is 25.0 Å². The van der Waals surface area contributed by atoms with Crippen molar-refractivity contribution >= 4 is 45.0 Å². The number of fused-ring (bicyclic) bond motifs is 1. The molecule has 0 aliphatic carbocycles. The summed E-state index contributed by atoms with van der Waals surface area (Å²) < 4.78 is 4.46. The number of benzene rings is 2. The molecule has 0 fully saturated rings. The van der Waals surface area contributed by atoms with E-state index in [1.165, 1.54) is 17.9 Å². The van der Waals surface area contributed by atoms with Crippen molar-refractivity contribution in [3.05, 3.63) is 71.7 Å². The predicted octanol–water partition coefficient (Wildman–Crippen LogP) is 4.21. The molecule has 2 heterocycles. The third-order valence-corrected chi connectivity index (χ3v) is 5.03. The van der Waals surface area contributed by atoms with Crippen LogP contribution in [0.15, 0.2) is 54.9 Å². The first-order chi connectivity index (χ1) is 13.6. The molecule has 2 aromatic carbocycles. The molecule has 4 rings (SSSR count). The van der Waals surface area contributed by atoms with E-state index < -0.39 is 0 Å². The molecule has 28 heavy (non-hydrogen) atoms. The number of nitrogens with two attached hydrogens (primary N) is 1. The van der Waals surface area contributed by atoms with Crippen molar-refractivity contribution in [3.63, 3.8) is 0 Å². The second kappa shape index (κ2) is 7.61. The summed E-state index contributed by atoms with van der Waals surface area (Å²) in [5.74, 6) is 0.444. The summed E-state index contributed by atoms with van der Waals surface area (Å²) >= 11 is 1.31. The average molecular weight is 390 g/mol. The number of carbonyl (C=O) groups is 1. The van der Waals surface area contributed by atoms with Crippen LogP contribution in [-0.2, 0) is 6.42 Å². The van der Waals surface area contributed by atoms with Crippen LogP contribution in [0.3, 0.4) is 0 Å². The van der Waals surface area contributed by atoms with E-state index in [-0.39, 0.29) is 6.03 Å². The maximum absolute atomic E-state index is 12.2. The standard InChI is InChI=1S/C20H18N6OS/c1-12-3-2-4-15(9-12)25-20(27)24-14-7-5-13(6-8-14)10-16-17-18(21)22-11-23-19(17)28-26-16/h2-9,11H,10H2,1H3,(H2,21,22,23)(H2,24,25,27). The van der Waals surface area contributed by atoms with Crippen LogP contribution in [0.1, 0.15) is 16.8 Å². The van der Waals surface area contributed by atoms with Gasteiger partial charge in [0.1, 0.15) is 17.0 Å². The van der Waals surface area contributed by atoms with Gasteiger partial charge in [-0.05, 0) is 53.8 Å². The highest BCUT2D eigenvalue weighted by Gasteiger charge is 2.12. The largest absolute Gasteiger partial charge is 0.383 e. The van der Waals surface area contributed by atoms with Gasteiger partial charge in [-0.25, -0.2) is 14.8 Å². The molecule has 2 amide bonds. The number of rotatable bonds is 4. The Hall–Kier alpha value is -3.52. The smallest absolute Gasteiger partial charge is 0.323 e. The second-order valence-electron chi connectivity index (χ2n) is 6.39. The van der Waals surface area contributed by atoms with Crippen LogP contribution in [0.5, 0.6) is 0 Å². The quantitative estimate of drug-likeness (QED) is 0.484. The topological polar surface area (TPSA) is 106 Å². The second-order valence-corrected chi connectivity index (χ2v) is 7.14. The van der Waals surface area contributed by atoms with E-state index in [0.29, 0.717) is 17.9 Å². The molecule has 7 nitrogen and oxygen atoms in total. The molecule has 0 radical (unpaired) electrons. The van der Waals surface area contributed by atoms with Crippen molar-refractivity contribution in [2.24, 2.45) is 0 Å². The van der Waals surface area contributed by atoms with Crippen LogP contribution >= 0.6 is 11.5 Å². The van der Waals surface area contributed by atoms with E-state index in [0.717, 1.165) is 32.7 Å². The maximum Gasteiger partial charge on any atom is 0.323 e. The fourth-order valence-corrected chi connectivity index (χ4v) is 3.66. The van der Waals surface area contributed by atoms with Crippen molar-refractivity contribution in [1.82, 2.24) is 14.3 Å². The molecule has 0 saturated heterocycles. The molecule has 0 saturated carbocycles. The van der Waals surface area contributed by atoms with Crippen LogP contribution in [0.2, 0.25) is 0 Å². The van der Waals surface area contributed by atoms with Gasteiger partial charge in [-0.15, -0.1) is 0 Å². The van der Waals surface area contributed by atoms with Crippen molar-refractivity contribution in [3.8, 4) is 0 Å². The van der Waals surface area contributed by atoms with Gasteiger partial charge in [0.25, 0.3) is 0 Å². The molecule has 0 bridgehead atoms. The molecule has 0 aliphatic heterocycles. The molecular formula is C20H18N6OS. The Kier molecular flexibility index (Phi) is 4.86. The molecule has 4 aromatic rings. The zero-order valence-electron chi connectivity index (χ0n) is 15.1. The number of amides is 2. The fraction of sp³-hybridized carbons (Fsp3) is 0.100. The van der Waals surface area contributed by atoms with Gasteiger partial charge in [-0.3, -0.25) is 0 Å². The minimum Gasteiger partial charge on any atom is -0.383 e. The summed E-state index contributed by atoms with van der Waals surface area (Å²) in [5.41, 5.74) is 10.4. The van der Waals surface area contributed by atoms with Gasteiger partial charge < -0.3 is 16.4 Å². The lowest BCUT2D eigenvalue weighted by molar-refractivity contribution is 0.262. The summed E-state index contributed by atoms with van der Waals surface area (Å²) in [5, 5.41) is 6.47. The Bertz CT molecular complexity index is 1140. The van der Waals surface area contributed by atoms with E-state index in [1.54, 1.807) is 0 Å². The van der Waals surface area contributed by atoms with Crippen LogP contribution in [0.25, 0.3) is 10.2 Å². The van der Waals surface area contributed by atoms with Gasteiger partial charge in [0.15, 0.2) is 0 Å². The summed E-state index contributed by atoms with van der Waals surface area (Å²) in [6.45, 7) is 1.98.